The SMILES string of the molecule is CN(C)CC(=O)N1CC[C@](NC(=O)c2cc(F)cc(Cl)c2)(c2ccccc2)[C@H](O)C1.O=CO. The molecule has 0 bridgehead atoms. The van der Waals surface area contributed by atoms with Crippen molar-refractivity contribution in [2.75, 3.05) is 33.7 Å². The monoisotopic (exact) mass is 479 g/mol. The number of carbonyl (C=O) groups is 3. The van der Waals surface area contributed by atoms with E-state index in [2.05, 4.69) is 5.32 Å². The summed E-state index contributed by atoms with van der Waals surface area (Å²) in [5.41, 5.74) is -0.340. The number of β-amino-alcohol motifs (C(OH)–C–C–N with tert-alkyl or cyclic N) is 1. The molecule has 2 atom stereocenters. The van der Waals surface area contributed by atoms with Gasteiger partial charge in [0.1, 0.15) is 5.82 Å². The summed E-state index contributed by atoms with van der Waals surface area (Å²) in [5.74, 6) is -1.26. The predicted molar refractivity (Wildman–Crippen MR) is 121 cm³/mol. The maximum Gasteiger partial charge on any atom is 0.290 e. The molecule has 0 radical (unpaired) electrons. The molecule has 1 fully saturated rings. The van der Waals surface area contributed by atoms with Crippen LogP contribution in [0.1, 0.15) is 22.3 Å². The molecule has 2 aromatic carbocycles. The van der Waals surface area contributed by atoms with Gasteiger partial charge in [-0.2, -0.15) is 0 Å². The van der Waals surface area contributed by atoms with E-state index >= 15 is 0 Å². The van der Waals surface area contributed by atoms with Crippen LogP contribution in [-0.4, -0.2) is 78.1 Å². The lowest BCUT2D eigenvalue weighted by Gasteiger charge is -2.46. The topological polar surface area (TPSA) is 110 Å². The van der Waals surface area contributed by atoms with Crippen LogP contribution in [0.4, 0.5) is 4.39 Å². The highest BCUT2D eigenvalue weighted by Crippen LogP contribution is 2.34. The number of piperidine rings is 1. The number of hydrogen-bond acceptors (Lipinski definition) is 5. The van der Waals surface area contributed by atoms with E-state index in [1.165, 1.54) is 6.07 Å². The Morgan fingerprint density at radius 2 is 1.91 bits per heavy atom. The Labute approximate surface area is 196 Å². The fourth-order valence-electron chi connectivity index (χ4n) is 3.78. The Bertz CT molecular complexity index is 956. The number of amides is 2. The van der Waals surface area contributed by atoms with Crippen molar-refractivity contribution in [2.24, 2.45) is 0 Å². The molecular formula is C23H27ClFN3O5. The molecule has 8 nitrogen and oxygen atoms in total. The zero-order valence-corrected chi connectivity index (χ0v) is 19.1. The summed E-state index contributed by atoms with van der Waals surface area (Å²) in [7, 11) is 3.60. The van der Waals surface area contributed by atoms with Crippen molar-refractivity contribution in [3.05, 3.63) is 70.5 Å². The number of aliphatic hydroxyl groups excluding tert-OH is 1. The van der Waals surface area contributed by atoms with Crippen LogP contribution in [-0.2, 0) is 15.1 Å². The average Bonchev–Trinajstić information content (AvgIpc) is 2.75. The van der Waals surface area contributed by atoms with Gasteiger partial charge in [-0.25, -0.2) is 4.39 Å². The number of carboxylic acid groups (broad SMARTS) is 1. The summed E-state index contributed by atoms with van der Waals surface area (Å²) in [6.07, 6.45) is -0.737. The molecule has 0 spiro atoms. The molecule has 178 valence electrons. The van der Waals surface area contributed by atoms with Gasteiger partial charge in [-0.3, -0.25) is 14.4 Å². The first-order valence-electron chi connectivity index (χ1n) is 10.2. The van der Waals surface area contributed by atoms with Crippen LogP contribution < -0.4 is 5.32 Å². The molecule has 1 aliphatic rings. The molecule has 33 heavy (non-hydrogen) atoms. The summed E-state index contributed by atoms with van der Waals surface area (Å²) < 4.78 is 13.7. The Kier molecular flexibility index (Phi) is 9.33. The number of carbonyl (C=O) groups excluding carboxylic acids is 2. The van der Waals surface area contributed by atoms with Crippen molar-refractivity contribution in [1.82, 2.24) is 15.1 Å². The maximum absolute atomic E-state index is 13.7. The van der Waals surface area contributed by atoms with Gasteiger partial charge < -0.3 is 25.3 Å². The zero-order valence-electron chi connectivity index (χ0n) is 18.4. The van der Waals surface area contributed by atoms with Crippen LogP contribution in [0.5, 0.6) is 0 Å². The number of benzene rings is 2. The Hall–Kier alpha value is -3.01. The quantitative estimate of drug-likeness (QED) is 0.565. The molecule has 1 aliphatic heterocycles. The average molecular weight is 480 g/mol. The molecule has 10 heteroatoms. The summed E-state index contributed by atoms with van der Waals surface area (Å²) >= 11 is 5.90. The van der Waals surface area contributed by atoms with Crippen LogP contribution >= 0.6 is 11.6 Å². The number of nitrogens with one attached hydrogen (secondary N) is 1. The van der Waals surface area contributed by atoms with E-state index < -0.39 is 23.4 Å². The smallest absolute Gasteiger partial charge is 0.290 e. The second-order valence-corrected chi connectivity index (χ2v) is 8.33. The number of hydrogen-bond donors (Lipinski definition) is 3. The highest BCUT2D eigenvalue weighted by molar-refractivity contribution is 6.31. The minimum Gasteiger partial charge on any atom is -0.483 e. The Morgan fingerprint density at radius 3 is 2.45 bits per heavy atom. The van der Waals surface area contributed by atoms with Crippen LogP contribution in [0.3, 0.4) is 0 Å². The lowest BCUT2D eigenvalue weighted by Crippen LogP contribution is -2.63. The van der Waals surface area contributed by atoms with Crippen molar-refractivity contribution < 1.29 is 29.0 Å². The minimum absolute atomic E-state index is 0.0635. The van der Waals surface area contributed by atoms with E-state index in [4.69, 9.17) is 21.5 Å². The summed E-state index contributed by atoms with van der Waals surface area (Å²) in [6, 6.07) is 12.7. The van der Waals surface area contributed by atoms with Gasteiger partial charge in [0.15, 0.2) is 0 Å². The second-order valence-electron chi connectivity index (χ2n) is 7.90. The number of nitrogens with zero attached hydrogens (tertiary/aromatic N) is 2. The summed E-state index contributed by atoms with van der Waals surface area (Å²) in [4.78, 5) is 37.1. The van der Waals surface area contributed by atoms with E-state index in [1.54, 1.807) is 23.9 Å². The molecule has 3 N–H and O–H groups in total. The van der Waals surface area contributed by atoms with Gasteiger partial charge in [-0.05, 0) is 44.3 Å². The molecule has 2 amide bonds. The Balaban J connectivity index is 0.00000122. The third-order valence-corrected chi connectivity index (χ3v) is 5.51. The molecule has 0 unspecified atom stereocenters. The lowest BCUT2D eigenvalue weighted by atomic mass is 9.78. The van der Waals surface area contributed by atoms with Crippen LogP contribution in [0.15, 0.2) is 48.5 Å². The van der Waals surface area contributed by atoms with E-state index in [0.29, 0.717) is 18.5 Å². The van der Waals surface area contributed by atoms with E-state index in [0.717, 1.165) is 12.1 Å². The fraction of sp³-hybridized carbons (Fsp3) is 0.348. The van der Waals surface area contributed by atoms with Gasteiger partial charge >= 0.3 is 0 Å². The molecule has 2 aromatic rings. The van der Waals surface area contributed by atoms with Gasteiger partial charge in [0.05, 0.1) is 18.2 Å². The first-order valence-corrected chi connectivity index (χ1v) is 10.5. The highest BCUT2D eigenvalue weighted by atomic mass is 35.5. The van der Waals surface area contributed by atoms with E-state index in [9.17, 15) is 19.1 Å². The largest absolute Gasteiger partial charge is 0.483 e. The zero-order chi connectivity index (χ0) is 24.6. The molecular weight excluding hydrogens is 453 g/mol. The second kappa shape index (κ2) is 11.7. The fourth-order valence-corrected chi connectivity index (χ4v) is 4.00. The van der Waals surface area contributed by atoms with Crippen LogP contribution in [0.2, 0.25) is 5.02 Å². The van der Waals surface area contributed by atoms with Gasteiger partial charge in [0.25, 0.3) is 12.4 Å². The Morgan fingerprint density at radius 1 is 1.27 bits per heavy atom. The predicted octanol–water partition coefficient (Wildman–Crippen LogP) is 1.96. The lowest BCUT2D eigenvalue weighted by molar-refractivity contribution is -0.137. The molecule has 1 heterocycles. The molecule has 0 aromatic heterocycles. The molecule has 1 saturated heterocycles. The molecule has 3 rings (SSSR count). The third-order valence-electron chi connectivity index (χ3n) is 5.29. The van der Waals surface area contributed by atoms with Gasteiger partial charge in [-0.1, -0.05) is 41.9 Å². The van der Waals surface area contributed by atoms with Gasteiger partial charge in [0.2, 0.25) is 5.91 Å². The van der Waals surface area contributed by atoms with Crippen molar-refractivity contribution in [1.29, 1.82) is 0 Å². The van der Waals surface area contributed by atoms with Crippen molar-refractivity contribution in [3.63, 3.8) is 0 Å². The van der Waals surface area contributed by atoms with Gasteiger partial charge in [-0.15, -0.1) is 0 Å². The molecule has 0 aliphatic carbocycles. The summed E-state index contributed by atoms with van der Waals surface area (Å²) in [5, 5.41) is 21.0. The van der Waals surface area contributed by atoms with Crippen molar-refractivity contribution in [3.8, 4) is 0 Å². The minimum atomic E-state index is -1.12. The molecule has 0 saturated carbocycles. The van der Waals surface area contributed by atoms with Crippen molar-refractivity contribution >= 4 is 29.9 Å². The van der Waals surface area contributed by atoms with Gasteiger partial charge in [0, 0.05) is 23.7 Å². The van der Waals surface area contributed by atoms with E-state index in [1.807, 2.05) is 30.3 Å². The first-order chi connectivity index (χ1) is 15.6. The van der Waals surface area contributed by atoms with Crippen molar-refractivity contribution in [2.45, 2.75) is 18.1 Å². The number of aliphatic hydroxyl groups is 1. The normalized spacial score (nSPS) is 19.9. The standard InChI is InChI=1S/C22H25ClFN3O3.CH2O2/c1-26(2)14-20(29)27-9-8-22(19(28)13-27,16-6-4-3-5-7-16)25-21(30)15-10-17(23)12-18(24)11-15;2-1-3/h3-7,10-12,19,28H,8-9,13-14H2,1-2H3,(H,25,30);1H,(H,2,3)/t19-,22+;/m1./s1. The number of likely N-dealkylation sites (N-methyl/N-ethyl adjacent to an activating group) is 1. The summed E-state index contributed by atoms with van der Waals surface area (Å²) in [6.45, 7) is 0.424. The highest BCUT2D eigenvalue weighted by Gasteiger charge is 2.46. The third kappa shape index (κ3) is 6.74. The van der Waals surface area contributed by atoms with Crippen LogP contribution in [0.25, 0.3) is 0 Å². The number of likely N-dealkylation sites (tertiary alicyclic amines) is 1. The number of halogens is 2. The first kappa shape index (κ1) is 26.2. The van der Waals surface area contributed by atoms with Crippen LogP contribution in [0, 0.1) is 5.82 Å². The maximum atomic E-state index is 13.7. The van der Waals surface area contributed by atoms with E-state index in [-0.39, 0.29) is 36.1 Å². The number of rotatable bonds is 5.